The Labute approximate surface area is 200 Å². The van der Waals surface area contributed by atoms with Gasteiger partial charge < -0.3 is 25.4 Å². The molecule has 0 saturated carbocycles. The topological polar surface area (TPSA) is 108 Å². The summed E-state index contributed by atoms with van der Waals surface area (Å²) in [5.74, 6) is -2.51. The number of amides is 3. The van der Waals surface area contributed by atoms with Gasteiger partial charge in [0.05, 0.1) is 35.3 Å². The number of fused-ring (bicyclic) bond motifs is 1. The van der Waals surface area contributed by atoms with Gasteiger partial charge in [0.15, 0.2) is 0 Å². The lowest BCUT2D eigenvalue weighted by Gasteiger charge is -2.34. The Hall–Kier alpha value is -1.68. The number of ether oxygens (including phenoxy) is 1. The van der Waals surface area contributed by atoms with E-state index in [0.717, 1.165) is 12.0 Å². The molecule has 174 valence electrons. The lowest BCUT2D eigenvalue weighted by molar-refractivity contribution is -0.141. The van der Waals surface area contributed by atoms with Crippen LogP contribution < -0.4 is 10.6 Å². The van der Waals surface area contributed by atoms with E-state index in [9.17, 15) is 19.5 Å². The van der Waals surface area contributed by atoms with Crippen molar-refractivity contribution in [2.75, 3.05) is 25.0 Å². The van der Waals surface area contributed by atoms with Crippen molar-refractivity contribution in [1.29, 1.82) is 0 Å². The molecule has 3 unspecified atom stereocenters. The summed E-state index contributed by atoms with van der Waals surface area (Å²) in [6.07, 6.45) is 0.673. The van der Waals surface area contributed by atoms with Gasteiger partial charge in [0, 0.05) is 17.9 Å². The maximum atomic E-state index is 13.6. The largest absolute Gasteiger partial charge is 0.395 e. The number of para-hydroxylation sites is 1. The van der Waals surface area contributed by atoms with Crippen LogP contribution in [0, 0.1) is 18.8 Å². The quantitative estimate of drug-likeness (QED) is 0.468. The fourth-order valence-corrected chi connectivity index (χ4v) is 6.64. The van der Waals surface area contributed by atoms with E-state index in [1.807, 2.05) is 19.9 Å². The van der Waals surface area contributed by atoms with Gasteiger partial charge in [-0.3, -0.25) is 14.4 Å². The van der Waals surface area contributed by atoms with Crippen LogP contribution in [-0.4, -0.2) is 70.0 Å². The average Bonchev–Trinajstić information content (AvgIpc) is 3.33. The zero-order chi connectivity index (χ0) is 23.2. The van der Waals surface area contributed by atoms with E-state index >= 15 is 0 Å². The Morgan fingerprint density at radius 3 is 2.78 bits per heavy atom. The molecule has 8 nitrogen and oxygen atoms in total. The number of β-amino-alcohol motifs (C(OH)–C–C–N with tert-alkyl or cyclic N) is 1. The zero-order valence-electron chi connectivity index (χ0n) is 17.9. The Morgan fingerprint density at radius 2 is 2.12 bits per heavy atom. The number of carbonyl (C=O) groups excluding carboxylic acids is 3. The van der Waals surface area contributed by atoms with Crippen molar-refractivity contribution < 1.29 is 24.2 Å². The van der Waals surface area contributed by atoms with Crippen molar-refractivity contribution in [3.63, 3.8) is 0 Å². The number of alkyl halides is 1. The lowest BCUT2D eigenvalue weighted by atomic mass is 9.70. The predicted octanol–water partition coefficient (Wildman–Crippen LogP) is 1.85. The van der Waals surface area contributed by atoms with Crippen LogP contribution in [0.3, 0.4) is 0 Å². The standard InChI is InChI=1S/C22H27BrClN3O5/c1-3-7-25-19(29)14-15-21(31)27(8-9-28)18(22(15)10-12(23)17(14)32-22)20(30)26-16-11(2)5-4-6-13(16)24/h4-6,12,14-15,17-18,28H,3,7-10H2,1-2H3,(H,25,29)(H,26,30)/t12?,14-,15-,17-,18?,22?/m0/s1. The third-order valence-electron chi connectivity index (χ3n) is 6.70. The summed E-state index contributed by atoms with van der Waals surface area (Å²) in [4.78, 5) is 41.3. The van der Waals surface area contributed by atoms with Crippen molar-refractivity contribution in [3.05, 3.63) is 28.8 Å². The number of nitrogens with one attached hydrogen (secondary N) is 2. The molecule has 0 radical (unpaired) electrons. The highest BCUT2D eigenvalue weighted by Gasteiger charge is 2.76. The van der Waals surface area contributed by atoms with Gasteiger partial charge in [0.25, 0.3) is 0 Å². The Kier molecular flexibility index (Phi) is 6.55. The second-order valence-corrected chi connectivity index (χ2v) is 10.2. The highest BCUT2D eigenvalue weighted by atomic mass is 79.9. The van der Waals surface area contributed by atoms with Crippen LogP contribution in [-0.2, 0) is 19.1 Å². The number of rotatable bonds is 7. The predicted molar refractivity (Wildman–Crippen MR) is 123 cm³/mol. The molecule has 3 aliphatic rings. The molecule has 3 heterocycles. The van der Waals surface area contributed by atoms with Crippen LogP contribution in [0.1, 0.15) is 25.3 Å². The molecule has 3 fully saturated rings. The minimum absolute atomic E-state index is 0.0268. The average molecular weight is 529 g/mol. The molecule has 0 aliphatic carbocycles. The molecule has 3 saturated heterocycles. The van der Waals surface area contributed by atoms with Gasteiger partial charge >= 0.3 is 0 Å². The van der Waals surface area contributed by atoms with E-state index < -0.39 is 35.5 Å². The zero-order valence-corrected chi connectivity index (χ0v) is 20.3. The molecule has 3 N–H and O–H groups in total. The van der Waals surface area contributed by atoms with Crippen LogP contribution in [0.4, 0.5) is 5.69 Å². The number of aryl methyl sites for hydroxylation is 1. The summed E-state index contributed by atoms with van der Waals surface area (Å²) in [5.41, 5.74) is 0.0961. The van der Waals surface area contributed by atoms with Crippen molar-refractivity contribution >= 4 is 50.9 Å². The number of carbonyl (C=O) groups is 3. The van der Waals surface area contributed by atoms with E-state index in [1.165, 1.54) is 4.90 Å². The number of anilines is 1. The first-order chi connectivity index (χ1) is 15.3. The maximum absolute atomic E-state index is 13.6. The molecule has 3 aliphatic heterocycles. The van der Waals surface area contributed by atoms with Gasteiger partial charge in [-0.15, -0.1) is 0 Å². The van der Waals surface area contributed by atoms with Crippen LogP contribution in [0.5, 0.6) is 0 Å². The van der Waals surface area contributed by atoms with Gasteiger partial charge in [0.2, 0.25) is 17.7 Å². The number of halogens is 2. The first-order valence-corrected chi connectivity index (χ1v) is 12.1. The number of nitrogens with zero attached hydrogens (tertiary/aromatic N) is 1. The molecule has 1 aromatic rings. The molecule has 3 amide bonds. The molecule has 32 heavy (non-hydrogen) atoms. The normalized spacial score (nSPS) is 32.8. The van der Waals surface area contributed by atoms with Crippen LogP contribution in [0.25, 0.3) is 0 Å². The third kappa shape index (κ3) is 3.54. The highest BCUT2D eigenvalue weighted by molar-refractivity contribution is 9.09. The van der Waals surface area contributed by atoms with Gasteiger partial charge in [0.1, 0.15) is 11.6 Å². The smallest absolute Gasteiger partial charge is 0.250 e. The van der Waals surface area contributed by atoms with E-state index in [-0.39, 0.29) is 29.8 Å². The molecule has 2 bridgehead atoms. The monoisotopic (exact) mass is 527 g/mol. The van der Waals surface area contributed by atoms with Crippen molar-refractivity contribution in [2.24, 2.45) is 11.8 Å². The SMILES string of the molecule is CCCNC(=O)[C@H]1[C@H]2C(=O)N(CCO)C(C(=O)Nc3c(C)cccc3Cl)C23CC(Br)[C@@H]1O3. The van der Waals surface area contributed by atoms with Gasteiger partial charge in [-0.1, -0.05) is 46.6 Å². The van der Waals surface area contributed by atoms with E-state index in [0.29, 0.717) is 23.7 Å². The highest BCUT2D eigenvalue weighted by Crippen LogP contribution is 2.60. The van der Waals surface area contributed by atoms with Crippen molar-refractivity contribution in [2.45, 2.75) is 49.3 Å². The molecule has 1 spiro atoms. The lowest BCUT2D eigenvalue weighted by Crippen LogP contribution is -2.54. The summed E-state index contributed by atoms with van der Waals surface area (Å²) >= 11 is 9.92. The Morgan fingerprint density at radius 1 is 1.38 bits per heavy atom. The second-order valence-electron chi connectivity index (χ2n) is 8.63. The molecular formula is C22H27BrClN3O5. The van der Waals surface area contributed by atoms with Crippen molar-refractivity contribution in [1.82, 2.24) is 10.2 Å². The van der Waals surface area contributed by atoms with Crippen LogP contribution >= 0.6 is 27.5 Å². The molecule has 6 atom stereocenters. The second kappa shape index (κ2) is 8.93. The number of aliphatic hydroxyl groups is 1. The van der Waals surface area contributed by atoms with E-state index in [4.69, 9.17) is 16.3 Å². The summed E-state index contributed by atoms with van der Waals surface area (Å²) in [5, 5.41) is 15.8. The molecule has 10 heteroatoms. The van der Waals surface area contributed by atoms with E-state index in [1.54, 1.807) is 12.1 Å². The van der Waals surface area contributed by atoms with Gasteiger partial charge in [-0.05, 0) is 31.4 Å². The third-order valence-corrected chi connectivity index (χ3v) is 7.86. The molecule has 4 rings (SSSR count). The summed E-state index contributed by atoms with van der Waals surface area (Å²) in [6, 6.07) is 4.30. The molecular weight excluding hydrogens is 502 g/mol. The number of hydrogen-bond acceptors (Lipinski definition) is 5. The molecule has 0 aromatic heterocycles. The van der Waals surface area contributed by atoms with Crippen LogP contribution in [0.15, 0.2) is 18.2 Å². The molecule has 1 aromatic carbocycles. The number of likely N-dealkylation sites (tertiary alicyclic amines) is 1. The number of benzene rings is 1. The minimum Gasteiger partial charge on any atom is -0.395 e. The summed E-state index contributed by atoms with van der Waals surface area (Å²) < 4.78 is 6.34. The minimum atomic E-state index is -1.15. The number of aliphatic hydroxyl groups excluding tert-OH is 1. The summed E-state index contributed by atoms with van der Waals surface area (Å²) in [7, 11) is 0. The van der Waals surface area contributed by atoms with Crippen LogP contribution in [0.2, 0.25) is 5.02 Å². The number of hydrogen-bond donors (Lipinski definition) is 3. The summed E-state index contributed by atoms with van der Waals surface area (Å²) in [6.45, 7) is 3.94. The fourth-order valence-electron chi connectivity index (χ4n) is 5.43. The Balaban J connectivity index is 1.71. The van der Waals surface area contributed by atoms with E-state index in [2.05, 4.69) is 26.6 Å². The van der Waals surface area contributed by atoms with Gasteiger partial charge in [-0.25, -0.2) is 0 Å². The van der Waals surface area contributed by atoms with Crippen molar-refractivity contribution in [3.8, 4) is 0 Å². The van der Waals surface area contributed by atoms with Gasteiger partial charge in [-0.2, -0.15) is 0 Å². The fraction of sp³-hybridized carbons (Fsp3) is 0.591. The first kappa shape index (κ1) is 23.5. The Bertz CT molecular complexity index is 926. The maximum Gasteiger partial charge on any atom is 0.250 e. The first-order valence-electron chi connectivity index (χ1n) is 10.8.